The zero-order chi connectivity index (χ0) is 18.8. The summed E-state index contributed by atoms with van der Waals surface area (Å²) in [5.41, 5.74) is 1.14. The summed E-state index contributed by atoms with van der Waals surface area (Å²) in [4.78, 5) is 20.3. The summed E-state index contributed by atoms with van der Waals surface area (Å²) >= 11 is 0. The van der Waals surface area contributed by atoms with Crippen LogP contribution in [0.15, 0.2) is 29.3 Å². The largest absolute Gasteiger partial charge is 0.497 e. The molecule has 1 aromatic carbocycles. The molecule has 0 aliphatic carbocycles. The fourth-order valence-corrected chi connectivity index (χ4v) is 2.86. The van der Waals surface area contributed by atoms with E-state index >= 15 is 0 Å². The average molecular weight is 489 g/mol. The van der Waals surface area contributed by atoms with E-state index in [1.54, 1.807) is 14.0 Å². The summed E-state index contributed by atoms with van der Waals surface area (Å²) in [6, 6.07) is 7.96. The Morgan fingerprint density at radius 1 is 1.15 bits per heavy atom. The third-order valence-electron chi connectivity index (χ3n) is 4.46. The van der Waals surface area contributed by atoms with Gasteiger partial charge in [0.25, 0.3) is 0 Å². The molecule has 8 heteroatoms. The molecule has 27 heavy (non-hydrogen) atoms. The van der Waals surface area contributed by atoms with Crippen LogP contribution >= 0.6 is 24.0 Å². The first-order valence-electron chi connectivity index (χ1n) is 9.25. The van der Waals surface area contributed by atoms with Crippen LogP contribution in [0.3, 0.4) is 0 Å². The molecule has 1 heterocycles. The highest BCUT2D eigenvalue weighted by atomic mass is 127. The van der Waals surface area contributed by atoms with Gasteiger partial charge < -0.3 is 20.3 Å². The van der Waals surface area contributed by atoms with Crippen molar-refractivity contribution in [1.29, 1.82) is 0 Å². The molecule has 2 N–H and O–H groups in total. The normalized spacial score (nSPS) is 15.1. The van der Waals surface area contributed by atoms with Crippen molar-refractivity contribution in [3.63, 3.8) is 0 Å². The van der Waals surface area contributed by atoms with E-state index in [0.29, 0.717) is 6.54 Å². The van der Waals surface area contributed by atoms with Crippen molar-refractivity contribution < 1.29 is 9.53 Å². The molecular formula is C19H32IN5O2. The maximum atomic E-state index is 11.4. The SMILES string of the molecule is CCNC(=NCc1ccc(OC)cc1)NCCN1CCN(C(C)=O)CC1.I. The number of carbonyl (C=O) groups excluding carboxylic acids is 1. The summed E-state index contributed by atoms with van der Waals surface area (Å²) in [5, 5.41) is 6.66. The van der Waals surface area contributed by atoms with Crippen molar-refractivity contribution in [1.82, 2.24) is 20.4 Å². The minimum absolute atomic E-state index is 0. The predicted molar refractivity (Wildman–Crippen MR) is 120 cm³/mol. The van der Waals surface area contributed by atoms with E-state index in [1.807, 2.05) is 29.2 Å². The van der Waals surface area contributed by atoms with Gasteiger partial charge >= 0.3 is 0 Å². The number of ether oxygens (including phenoxy) is 1. The van der Waals surface area contributed by atoms with Crippen molar-refractivity contribution in [2.45, 2.75) is 20.4 Å². The number of methoxy groups -OCH3 is 1. The quantitative estimate of drug-likeness (QED) is 0.346. The van der Waals surface area contributed by atoms with E-state index in [2.05, 4.69) is 27.4 Å². The number of guanidine groups is 1. The number of rotatable bonds is 7. The molecule has 0 aromatic heterocycles. The van der Waals surface area contributed by atoms with Gasteiger partial charge in [0.15, 0.2) is 5.96 Å². The molecule has 0 bridgehead atoms. The number of carbonyl (C=O) groups is 1. The number of nitrogens with one attached hydrogen (secondary N) is 2. The van der Waals surface area contributed by atoms with Gasteiger partial charge in [-0.05, 0) is 24.6 Å². The monoisotopic (exact) mass is 489 g/mol. The van der Waals surface area contributed by atoms with Gasteiger partial charge in [-0.2, -0.15) is 0 Å². The smallest absolute Gasteiger partial charge is 0.219 e. The number of hydrogen-bond acceptors (Lipinski definition) is 4. The van der Waals surface area contributed by atoms with E-state index in [4.69, 9.17) is 4.74 Å². The third kappa shape index (κ3) is 8.34. The number of nitrogens with zero attached hydrogens (tertiary/aromatic N) is 3. The van der Waals surface area contributed by atoms with Crippen LogP contribution in [-0.4, -0.2) is 74.6 Å². The number of aliphatic imine (C=N–C) groups is 1. The van der Waals surface area contributed by atoms with Crippen LogP contribution in [0.2, 0.25) is 0 Å². The maximum absolute atomic E-state index is 11.4. The highest BCUT2D eigenvalue weighted by Gasteiger charge is 2.17. The van der Waals surface area contributed by atoms with Gasteiger partial charge in [0.1, 0.15) is 5.75 Å². The predicted octanol–water partition coefficient (Wildman–Crippen LogP) is 1.53. The minimum Gasteiger partial charge on any atom is -0.497 e. The molecule has 2 rings (SSSR count). The molecular weight excluding hydrogens is 457 g/mol. The van der Waals surface area contributed by atoms with Crippen molar-refractivity contribution in [2.75, 3.05) is 52.9 Å². The molecule has 1 amide bonds. The maximum Gasteiger partial charge on any atom is 0.219 e. The Balaban J connectivity index is 0.00000364. The second kappa shape index (κ2) is 12.8. The van der Waals surface area contributed by atoms with Crippen LogP contribution in [0.25, 0.3) is 0 Å². The van der Waals surface area contributed by atoms with Crippen LogP contribution in [0.5, 0.6) is 5.75 Å². The topological polar surface area (TPSA) is 69.2 Å². The lowest BCUT2D eigenvalue weighted by molar-refractivity contribution is -0.130. The summed E-state index contributed by atoms with van der Waals surface area (Å²) in [5.74, 6) is 1.85. The van der Waals surface area contributed by atoms with Crippen molar-refractivity contribution >= 4 is 35.8 Å². The summed E-state index contributed by atoms with van der Waals surface area (Å²) in [7, 11) is 1.67. The summed E-state index contributed by atoms with van der Waals surface area (Å²) < 4.78 is 5.18. The van der Waals surface area contributed by atoms with Gasteiger partial charge in [-0.25, -0.2) is 4.99 Å². The zero-order valence-corrected chi connectivity index (χ0v) is 18.9. The first-order valence-corrected chi connectivity index (χ1v) is 9.25. The third-order valence-corrected chi connectivity index (χ3v) is 4.46. The Kier molecular flexibility index (Phi) is 11.1. The molecule has 1 saturated heterocycles. The molecule has 1 aliphatic heterocycles. The molecule has 0 atom stereocenters. The first-order chi connectivity index (χ1) is 12.6. The van der Waals surface area contributed by atoms with Crippen LogP contribution in [0.4, 0.5) is 0 Å². The summed E-state index contributed by atoms with van der Waals surface area (Å²) in [6.45, 7) is 10.4. The minimum atomic E-state index is 0. The number of benzene rings is 1. The van der Waals surface area contributed by atoms with Crippen molar-refractivity contribution in [3.05, 3.63) is 29.8 Å². The van der Waals surface area contributed by atoms with E-state index in [1.165, 1.54) is 0 Å². The van der Waals surface area contributed by atoms with Gasteiger partial charge in [0, 0.05) is 52.7 Å². The second-order valence-electron chi connectivity index (χ2n) is 6.32. The van der Waals surface area contributed by atoms with Gasteiger partial charge in [-0.15, -0.1) is 24.0 Å². The van der Waals surface area contributed by atoms with Gasteiger partial charge in [-0.1, -0.05) is 12.1 Å². The molecule has 0 spiro atoms. The van der Waals surface area contributed by atoms with E-state index in [-0.39, 0.29) is 29.9 Å². The summed E-state index contributed by atoms with van der Waals surface area (Å²) in [6.07, 6.45) is 0. The molecule has 1 aliphatic rings. The van der Waals surface area contributed by atoms with E-state index < -0.39 is 0 Å². The van der Waals surface area contributed by atoms with Gasteiger partial charge in [0.2, 0.25) is 5.91 Å². The number of amides is 1. The fourth-order valence-electron chi connectivity index (χ4n) is 2.86. The highest BCUT2D eigenvalue weighted by Crippen LogP contribution is 2.11. The number of piperazine rings is 1. The van der Waals surface area contributed by atoms with Crippen LogP contribution in [0, 0.1) is 0 Å². The number of hydrogen-bond donors (Lipinski definition) is 2. The first kappa shape index (κ1) is 23.5. The van der Waals surface area contributed by atoms with E-state index in [0.717, 1.165) is 63.1 Å². The Labute approximate surface area is 179 Å². The van der Waals surface area contributed by atoms with Crippen molar-refractivity contribution in [3.8, 4) is 5.75 Å². The average Bonchev–Trinajstić information content (AvgIpc) is 2.67. The highest BCUT2D eigenvalue weighted by molar-refractivity contribution is 14.0. The van der Waals surface area contributed by atoms with Crippen LogP contribution in [0.1, 0.15) is 19.4 Å². The lowest BCUT2D eigenvalue weighted by atomic mass is 10.2. The number of halogens is 1. The molecule has 1 aromatic rings. The van der Waals surface area contributed by atoms with E-state index in [9.17, 15) is 4.79 Å². The Bertz CT molecular complexity index is 586. The standard InChI is InChI=1S/C19H31N5O2.HI/c1-4-20-19(22-15-17-5-7-18(26-3)8-6-17)21-9-10-23-11-13-24(14-12-23)16(2)25;/h5-8H,4,9-15H2,1-3H3,(H2,20,21,22);1H. The lowest BCUT2D eigenvalue weighted by Crippen LogP contribution is -2.50. The second-order valence-corrected chi connectivity index (χ2v) is 6.32. The Morgan fingerprint density at radius 2 is 1.81 bits per heavy atom. The lowest BCUT2D eigenvalue weighted by Gasteiger charge is -2.34. The molecule has 0 radical (unpaired) electrons. The van der Waals surface area contributed by atoms with Gasteiger partial charge in [0.05, 0.1) is 13.7 Å². The van der Waals surface area contributed by atoms with Crippen LogP contribution < -0.4 is 15.4 Å². The van der Waals surface area contributed by atoms with Gasteiger partial charge in [-0.3, -0.25) is 9.69 Å². The molecule has 0 unspecified atom stereocenters. The fraction of sp³-hybridized carbons (Fsp3) is 0.579. The zero-order valence-electron chi connectivity index (χ0n) is 16.5. The Hall–Kier alpha value is -1.55. The molecule has 7 nitrogen and oxygen atoms in total. The Morgan fingerprint density at radius 3 is 2.37 bits per heavy atom. The molecule has 1 fully saturated rings. The van der Waals surface area contributed by atoms with Crippen LogP contribution in [-0.2, 0) is 11.3 Å². The molecule has 0 saturated carbocycles. The van der Waals surface area contributed by atoms with Crippen molar-refractivity contribution in [2.24, 2.45) is 4.99 Å². The molecule has 152 valence electrons.